The van der Waals surface area contributed by atoms with Crippen molar-refractivity contribution in [2.24, 2.45) is 5.73 Å². The van der Waals surface area contributed by atoms with E-state index in [-0.39, 0.29) is 6.04 Å². The van der Waals surface area contributed by atoms with Crippen LogP contribution in [0.25, 0.3) is 0 Å². The largest absolute Gasteiger partial charge is 0.356 e. The van der Waals surface area contributed by atoms with E-state index in [0.717, 1.165) is 17.5 Å². The maximum Gasteiger partial charge on any atom is 0.136 e. The average Bonchev–Trinajstić information content (AvgIpc) is 2.90. The molecule has 96 valence electrons. The number of hydrogen-bond acceptors (Lipinski definition) is 5. The highest BCUT2D eigenvalue weighted by Gasteiger charge is 2.10. The second-order valence-corrected chi connectivity index (χ2v) is 4.17. The zero-order chi connectivity index (χ0) is 13.0. The fourth-order valence-corrected chi connectivity index (χ4v) is 1.54. The molecule has 0 saturated heterocycles. The highest BCUT2D eigenvalue weighted by Crippen LogP contribution is 2.17. The number of nitrogens with two attached hydrogens (primary N) is 1. The van der Waals surface area contributed by atoms with Crippen molar-refractivity contribution in [1.82, 2.24) is 15.0 Å². The standard InChI is InChI=1S/C12H18N6/c1-9(7-13)18(2)12-6-11(15-8-16-12)17-10-4-3-5-14-10/h3-6,8-9,14H,7,13H2,1-2H3,(H,15,16,17). The van der Waals surface area contributed by atoms with Crippen molar-refractivity contribution >= 4 is 17.5 Å². The molecule has 2 rings (SSSR count). The van der Waals surface area contributed by atoms with Crippen LogP contribution in [0.4, 0.5) is 17.5 Å². The molecule has 2 heterocycles. The minimum atomic E-state index is 0.234. The van der Waals surface area contributed by atoms with Gasteiger partial charge in [-0.3, -0.25) is 0 Å². The Kier molecular flexibility index (Phi) is 3.78. The molecule has 0 aromatic carbocycles. The molecule has 0 amide bonds. The Morgan fingerprint density at radius 2 is 2.33 bits per heavy atom. The lowest BCUT2D eigenvalue weighted by Crippen LogP contribution is -2.35. The molecule has 0 aliphatic heterocycles. The molecule has 0 saturated carbocycles. The molecule has 0 fully saturated rings. The van der Waals surface area contributed by atoms with Crippen LogP contribution in [0.1, 0.15) is 6.92 Å². The molecule has 0 aliphatic carbocycles. The van der Waals surface area contributed by atoms with Crippen molar-refractivity contribution in [3.8, 4) is 0 Å². The molecule has 0 radical (unpaired) electrons. The molecular formula is C12H18N6. The Labute approximate surface area is 106 Å². The summed E-state index contributed by atoms with van der Waals surface area (Å²) in [6.07, 6.45) is 3.40. The van der Waals surface area contributed by atoms with Crippen molar-refractivity contribution in [3.05, 3.63) is 30.7 Å². The molecule has 4 N–H and O–H groups in total. The topological polar surface area (TPSA) is 82.9 Å². The first-order valence-corrected chi connectivity index (χ1v) is 5.86. The Balaban J connectivity index is 2.14. The third-order valence-electron chi connectivity index (χ3n) is 2.88. The van der Waals surface area contributed by atoms with Gasteiger partial charge in [0.05, 0.1) is 0 Å². The van der Waals surface area contributed by atoms with Crippen molar-refractivity contribution in [2.75, 3.05) is 23.8 Å². The molecule has 1 atom stereocenters. The summed E-state index contributed by atoms with van der Waals surface area (Å²) in [4.78, 5) is 13.5. The third kappa shape index (κ3) is 2.78. The molecule has 0 spiro atoms. The highest BCUT2D eigenvalue weighted by atomic mass is 15.2. The van der Waals surface area contributed by atoms with Crippen molar-refractivity contribution in [3.63, 3.8) is 0 Å². The van der Waals surface area contributed by atoms with Crippen LogP contribution in [0.5, 0.6) is 0 Å². The van der Waals surface area contributed by atoms with Crippen LogP contribution in [0, 0.1) is 0 Å². The van der Waals surface area contributed by atoms with Gasteiger partial charge in [0.1, 0.15) is 23.8 Å². The summed E-state index contributed by atoms with van der Waals surface area (Å²) < 4.78 is 0. The Bertz CT molecular complexity index is 481. The van der Waals surface area contributed by atoms with Crippen LogP contribution in [0.15, 0.2) is 30.7 Å². The number of aromatic amines is 1. The van der Waals surface area contributed by atoms with Crippen molar-refractivity contribution in [1.29, 1.82) is 0 Å². The summed E-state index contributed by atoms with van der Waals surface area (Å²) in [5.74, 6) is 2.49. The molecule has 1 unspecified atom stereocenters. The van der Waals surface area contributed by atoms with E-state index in [2.05, 4.69) is 27.2 Å². The SMILES string of the molecule is CC(CN)N(C)c1cc(Nc2ccc[nH]2)ncn1. The number of nitrogens with zero attached hydrogens (tertiary/aromatic N) is 3. The van der Waals surface area contributed by atoms with Gasteiger partial charge in [0.25, 0.3) is 0 Å². The maximum atomic E-state index is 5.65. The molecule has 6 nitrogen and oxygen atoms in total. The van der Waals surface area contributed by atoms with E-state index in [0.29, 0.717) is 6.54 Å². The van der Waals surface area contributed by atoms with Gasteiger partial charge in [0, 0.05) is 31.9 Å². The first kappa shape index (κ1) is 12.4. The minimum absolute atomic E-state index is 0.234. The average molecular weight is 246 g/mol. The summed E-state index contributed by atoms with van der Waals surface area (Å²) in [6, 6.07) is 5.99. The van der Waals surface area contributed by atoms with Gasteiger partial charge in [0.15, 0.2) is 0 Å². The van der Waals surface area contributed by atoms with E-state index in [1.54, 1.807) is 6.33 Å². The van der Waals surface area contributed by atoms with Gasteiger partial charge in [-0.2, -0.15) is 0 Å². The fourth-order valence-electron chi connectivity index (χ4n) is 1.54. The zero-order valence-electron chi connectivity index (χ0n) is 10.6. The predicted molar refractivity (Wildman–Crippen MR) is 73.0 cm³/mol. The number of anilines is 3. The van der Waals surface area contributed by atoms with Gasteiger partial charge >= 0.3 is 0 Å². The van der Waals surface area contributed by atoms with Gasteiger partial charge in [0.2, 0.25) is 0 Å². The number of nitrogens with one attached hydrogen (secondary N) is 2. The lowest BCUT2D eigenvalue weighted by molar-refractivity contribution is 0.686. The number of aromatic nitrogens is 3. The highest BCUT2D eigenvalue weighted by molar-refractivity contribution is 5.56. The summed E-state index contributed by atoms with van der Waals surface area (Å²) >= 11 is 0. The molecule has 2 aromatic rings. The van der Waals surface area contributed by atoms with Crippen LogP contribution in [-0.4, -0.2) is 34.6 Å². The van der Waals surface area contributed by atoms with E-state index in [4.69, 9.17) is 5.73 Å². The monoisotopic (exact) mass is 246 g/mol. The first-order valence-electron chi connectivity index (χ1n) is 5.86. The van der Waals surface area contributed by atoms with Crippen LogP contribution in [-0.2, 0) is 0 Å². The smallest absolute Gasteiger partial charge is 0.136 e. The summed E-state index contributed by atoms with van der Waals surface area (Å²) in [5.41, 5.74) is 5.65. The van der Waals surface area contributed by atoms with Gasteiger partial charge in [-0.15, -0.1) is 0 Å². The van der Waals surface area contributed by atoms with Gasteiger partial charge in [-0.1, -0.05) is 0 Å². The molecular weight excluding hydrogens is 228 g/mol. The van der Waals surface area contributed by atoms with Crippen molar-refractivity contribution < 1.29 is 0 Å². The van der Waals surface area contributed by atoms with Gasteiger partial charge in [-0.25, -0.2) is 9.97 Å². The lowest BCUT2D eigenvalue weighted by Gasteiger charge is -2.24. The molecule has 0 bridgehead atoms. The van der Waals surface area contributed by atoms with Gasteiger partial charge < -0.3 is 20.9 Å². The van der Waals surface area contributed by atoms with Gasteiger partial charge in [-0.05, 0) is 19.1 Å². The van der Waals surface area contributed by atoms with E-state index in [1.807, 2.05) is 36.3 Å². The lowest BCUT2D eigenvalue weighted by atomic mass is 10.3. The summed E-state index contributed by atoms with van der Waals surface area (Å²) in [6.45, 7) is 2.64. The van der Waals surface area contributed by atoms with Crippen molar-refractivity contribution in [2.45, 2.75) is 13.0 Å². The summed E-state index contributed by atoms with van der Waals surface area (Å²) in [5, 5.41) is 3.17. The number of likely N-dealkylation sites (N-methyl/N-ethyl adjacent to an activating group) is 1. The predicted octanol–water partition coefficient (Wildman–Crippen LogP) is 1.33. The van der Waals surface area contributed by atoms with Crippen LogP contribution in [0.3, 0.4) is 0 Å². The minimum Gasteiger partial charge on any atom is -0.356 e. The summed E-state index contributed by atoms with van der Waals surface area (Å²) in [7, 11) is 1.97. The number of rotatable bonds is 5. The van der Waals surface area contributed by atoms with E-state index < -0.39 is 0 Å². The van der Waals surface area contributed by atoms with Crippen LogP contribution >= 0.6 is 0 Å². The second-order valence-electron chi connectivity index (χ2n) is 4.17. The molecule has 6 heteroatoms. The van der Waals surface area contributed by atoms with E-state index in [1.165, 1.54) is 0 Å². The Morgan fingerprint density at radius 1 is 1.50 bits per heavy atom. The maximum absolute atomic E-state index is 5.65. The Morgan fingerprint density at radius 3 is 3.00 bits per heavy atom. The third-order valence-corrected chi connectivity index (χ3v) is 2.88. The van der Waals surface area contributed by atoms with Crippen LogP contribution < -0.4 is 16.0 Å². The van der Waals surface area contributed by atoms with Crippen LogP contribution in [0.2, 0.25) is 0 Å². The molecule has 18 heavy (non-hydrogen) atoms. The fraction of sp³-hybridized carbons (Fsp3) is 0.333. The first-order chi connectivity index (χ1) is 8.70. The second kappa shape index (κ2) is 5.50. The molecule has 0 aliphatic rings. The Hall–Kier alpha value is -2.08. The molecule has 2 aromatic heterocycles. The number of H-pyrrole nitrogens is 1. The van der Waals surface area contributed by atoms with E-state index in [9.17, 15) is 0 Å². The zero-order valence-corrected chi connectivity index (χ0v) is 10.6. The quantitative estimate of drug-likeness (QED) is 0.741. The van der Waals surface area contributed by atoms with E-state index >= 15 is 0 Å². The number of hydrogen-bond donors (Lipinski definition) is 3. The normalized spacial score (nSPS) is 12.2.